The van der Waals surface area contributed by atoms with Crippen LogP contribution in [0.25, 0.3) is 0 Å². The lowest BCUT2D eigenvalue weighted by molar-refractivity contribution is 0.124. The van der Waals surface area contributed by atoms with Gasteiger partial charge in [0.25, 0.3) is 20.2 Å². The predicted molar refractivity (Wildman–Crippen MR) is 135 cm³/mol. The predicted octanol–water partition coefficient (Wildman–Crippen LogP) is 4.28. The summed E-state index contributed by atoms with van der Waals surface area (Å²) in [6, 6.07) is 19.1. The fourth-order valence-electron chi connectivity index (χ4n) is 3.37. The summed E-state index contributed by atoms with van der Waals surface area (Å²) in [4.78, 5) is 4.43. The minimum Gasteiger partial charge on any atom is -0.475 e. The summed E-state index contributed by atoms with van der Waals surface area (Å²) in [5, 5.41) is 0.369. The van der Waals surface area contributed by atoms with Crippen molar-refractivity contribution in [2.24, 2.45) is 4.99 Å². The fourth-order valence-corrected chi connectivity index (χ4v) is 5.54. The van der Waals surface area contributed by atoms with E-state index in [9.17, 15) is 16.8 Å². The van der Waals surface area contributed by atoms with E-state index in [1.807, 2.05) is 13.8 Å². The molecule has 1 heterocycles. The molecule has 3 aromatic carbocycles. The molecule has 1 aliphatic rings. The SMILES string of the molecule is Cc1ccc(S(=O)(=O)OCC2(COS(=O)(=O)c3ccc(C)cc3)COC(c3ccccc3Cl)=N2)cc1. The highest BCUT2D eigenvalue weighted by atomic mass is 35.5. The molecule has 0 atom stereocenters. The topological polar surface area (TPSA) is 108 Å². The van der Waals surface area contributed by atoms with Gasteiger partial charge in [0.2, 0.25) is 5.90 Å². The highest BCUT2D eigenvalue weighted by Gasteiger charge is 2.41. The summed E-state index contributed by atoms with van der Waals surface area (Å²) in [7, 11) is -8.32. The summed E-state index contributed by atoms with van der Waals surface area (Å²) in [5.41, 5.74) is 0.782. The maximum absolute atomic E-state index is 12.8. The quantitative estimate of drug-likeness (QED) is 0.366. The van der Waals surface area contributed by atoms with Crippen molar-refractivity contribution in [2.45, 2.75) is 29.2 Å². The van der Waals surface area contributed by atoms with Crippen molar-refractivity contribution in [3.05, 3.63) is 94.5 Å². The number of ether oxygens (including phenoxy) is 1. The Bertz CT molecular complexity index is 1400. The van der Waals surface area contributed by atoms with Gasteiger partial charge in [0.1, 0.15) is 12.1 Å². The van der Waals surface area contributed by atoms with Crippen LogP contribution < -0.4 is 0 Å². The minimum absolute atomic E-state index is 0.0364. The van der Waals surface area contributed by atoms with E-state index in [1.54, 1.807) is 48.5 Å². The van der Waals surface area contributed by atoms with Gasteiger partial charge in [-0.05, 0) is 50.2 Å². The van der Waals surface area contributed by atoms with Crippen LogP contribution in [0.3, 0.4) is 0 Å². The summed E-state index contributed by atoms with van der Waals surface area (Å²) >= 11 is 6.27. The Balaban J connectivity index is 1.62. The zero-order chi connectivity index (χ0) is 26.0. The lowest BCUT2D eigenvalue weighted by Crippen LogP contribution is -2.41. The van der Waals surface area contributed by atoms with Crippen LogP contribution in [0.1, 0.15) is 16.7 Å². The second kappa shape index (κ2) is 10.3. The van der Waals surface area contributed by atoms with Crippen LogP contribution in [0.2, 0.25) is 5.02 Å². The van der Waals surface area contributed by atoms with Gasteiger partial charge in [-0.15, -0.1) is 0 Å². The number of aliphatic imine (C=N–C) groups is 1. The molecule has 0 fully saturated rings. The molecule has 0 unspecified atom stereocenters. The van der Waals surface area contributed by atoms with Gasteiger partial charge in [-0.2, -0.15) is 16.8 Å². The van der Waals surface area contributed by atoms with Gasteiger partial charge in [0.05, 0.1) is 33.6 Å². The van der Waals surface area contributed by atoms with Crippen LogP contribution in [0.4, 0.5) is 0 Å². The first-order chi connectivity index (χ1) is 17.0. The number of hydrogen-bond acceptors (Lipinski definition) is 8. The van der Waals surface area contributed by atoms with E-state index in [0.29, 0.717) is 10.6 Å². The average molecular weight is 550 g/mol. The fraction of sp³-hybridized carbons (Fsp3) is 0.240. The van der Waals surface area contributed by atoms with Crippen molar-refractivity contribution < 1.29 is 29.9 Å². The van der Waals surface area contributed by atoms with Crippen molar-refractivity contribution >= 4 is 37.7 Å². The second-order valence-electron chi connectivity index (χ2n) is 8.47. The Morgan fingerprint density at radius 2 is 1.28 bits per heavy atom. The summed E-state index contributed by atoms with van der Waals surface area (Å²) in [5.74, 6) is 0.133. The molecule has 11 heteroatoms. The van der Waals surface area contributed by atoms with Crippen LogP contribution in [0, 0.1) is 13.8 Å². The number of hydrogen-bond donors (Lipinski definition) is 0. The molecule has 0 aromatic heterocycles. The summed E-state index contributed by atoms with van der Waals surface area (Å²) in [6.07, 6.45) is 0. The molecule has 0 bridgehead atoms. The first-order valence-electron chi connectivity index (χ1n) is 10.9. The molecule has 0 amide bonds. The van der Waals surface area contributed by atoms with Crippen molar-refractivity contribution in [1.82, 2.24) is 0 Å². The molecule has 190 valence electrons. The van der Waals surface area contributed by atoms with E-state index in [2.05, 4.69) is 4.99 Å². The molecule has 3 aromatic rings. The van der Waals surface area contributed by atoms with E-state index in [1.165, 1.54) is 24.3 Å². The largest absolute Gasteiger partial charge is 0.475 e. The summed E-state index contributed by atoms with van der Waals surface area (Å²) < 4.78 is 67.6. The number of halogens is 1. The standard InChI is InChI=1S/C25H24ClNO7S2/c1-18-7-11-20(12-8-18)35(28,29)33-16-25(15-32-24(27-25)22-5-3-4-6-23(22)26)17-34-36(30,31)21-13-9-19(2)10-14-21/h3-14H,15-17H2,1-2H3. The Hall–Kier alpha value is -2.76. The maximum atomic E-state index is 12.8. The maximum Gasteiger partial charge on any atom is 0.297 e. The highest BCUT2D eigenvalue weighted by Crippen LogP contribution is 2.29. The normalized spacial score (nSPS) is 15.4. The Kier molecular flexibility index (Phi) is 7.53. The van der Waals surface area contributed by atoms with Crippen LogP contribution in [0.5, 0.6) is 0 Å². The Labute approximate surface area is 215 Å². The molecule has 36 heavy (non-hydrogen) atoms. The lowest BCUT2D eigenvalue weighted by Gasteiger charge is -2.23. The molecular formula is C25H24ClNO7S2. The molecule has 8 nitrogen and oxygen atoms in total. The molecule has 4 rings (SSSR count). The average Bonchev–Trinajstić information content (AvgIpc) is 3.27. The third kappa shape index (κ3) is 5.96. The zero-order valence-corrected chi connectivity index (χ0v) is 21.9. The first-order valence-corrected chi connectivity index (χ1v) is 14.1. The van der Waals surface area contributed by atoms with Gasteiger partial charge in [-0.25, -0.2) is 4.99 Å². The molecule has 0 saturated heterocycles. The number of rotatable bonds is 9. The zero-order valence-electron chi connectivity index (χ0n) is 19.5. The monoisotopic (exact) mass is 549 g/mol. The number of benzene rings is 3. The van der Waals surface area contributed by atoms with E-state index < -0.39 is 39.0 Å². The van der Waals surface area contributed by atoms with Crippen LogP contribution in [0.15, 0.2) is 87.6 Å². The summed E-state index contributed by atoms with van der Waals surface area (Å²) in [6.45, 7) is 2.46. The number of nitrogens with zero attached hydrogens (tertiary/aromatic N) is 1. The highest BCUT2D eigenvalue weighted by molar-refractivity contribution is 7.87. The van der Waals surface area contributed by atoms with Gasteiger partial charge in [0, 0.05) is 0 Å². The molecule has 0 radical (unpaired) electrons. The molecule has 1 aliphatic heterocycles. The lowest BCUT2D eigenvalue weighted by atomic mass is 10.1. The van der Waals surface area contributed by atoms with E-state index in [0.717, 1.165) is 11.1 Å². The van der Waals surface area contributed by atoms with Crippen molar-refractivity contribution in [1.29, 1.82) is 0 Å². The second-order valence-corrected chi connectivity index (χ2v) is 12.1. The van der Waals surface area contributed by atoms with Gasteiger partial charge >= 0.3 is 0 Å². The van der Waals surface area contributed by atoms with E-state index >= 15 is 0 Å². The first kappa shape index (κ1) is 26.3. The van der Waals surface area contributed by atoms with Crippen LogP contribution in [-0.2, 0) is 33.3 Å². The van der Waals surface area contributed by atoms with Gasteiger partial charge in [-0.3, -0.25) is 8.37 Å². The number of aryl methyl sites for hydroxylation is 2. The Morgan fingerprint density at radius 3 is 1.75 bits per heavy atom. The van der Waals surface area contributed by atoms with Crippen molar-refractivity contribution in [3.8, 4) is 0 Å². The van der Waals surface area contributed by atoms with E-state index in [4.69, 9.17) is 24.7 Å². The van der Waals surface area contributed by atoms with Crippen molar-refractivity contribution in [3.63, 3.8) is 0 Å². The molecule has 0 N–H and O–H groups in total. The van der Waals surface area contributed by atoms with Crippen molar-refractivity contribution in [2.75, 3.05) is 19.8 Å². The molecule has 0 spiro atoms. The van der Waals surface area contributed by atoms with Gasteiger partial charge in [-0.1, -0.05) is 59.1 Å². The van der Waals surface area contributed by atoms with Crippen LogP contribution in [-0.4, -0.2) is 48.1 Å². The molecule has 0 aliphatic carbocycles. The van der Waals surface area contributed by atoms with Crippen LogP contribution >= 0.6 is 11.6 Å². The van der Waals surface area contributed by atoms with Gasteiger partial charge in [0.15, 0.2) is 0 Å². The molecule has 0 saturated carbocycles. The molecular weight excluding hydrogens is 526 g/mol. The van der Waals surface area contributed by atoms with Gasteiger partial charge < -0.3 is 4.74 Å². The Morgan fingerprint density at radius 1 is 0.806 bits per heavy atom. The third-order valence-electron chi connectivity index (χ3n) is 5.51. The minimum atomic E-state index is -4.16. The smallest absolute Gasteiger partial charge is 0.297 e. The van der Waals surface area contributed by atoms with E-state index in [-0.39, 0.29) is 22.3 Å². The third-order valence-corrected chi connectivity index (χ3v) is 8.39.